The molecule has 0 saturated carbocycles. The Bertz CT molecular complexity index is 1020. The summed E-state index contributed by atoms with van der Waals surface area (Å²) in [6, 6.07) is 24.9. The van der Waals surface area contributed by atoms with Crippen molar-refractivity contribution in [2.45, 2.75) is 23.3 Å². The number of hydrogen-bond acceptors (Lipinski definition) is 4. The van der Waals surface area contributed by atoms with E-state index in [-0.39, 0.29) is 12.5 Å². The number of carbonyl (C=O) groups is 2. The highest BCUT2D eigenvalue weighted by Crippen LogP contribution is 2.44. The summed E-state index contributed by atoms with van der Waals surface area (Å²) in [5.41, 5.74) is 4.53. The highest BCUT2D eigenvalue weighted by molar-refractivity contribution is 7.99. The zero-order valence-corrected chi connectivity index (χ0v) is 17.7. The number of nitrogens with one attached hydrogen (secondary N) is 1. The lowest BCUT2D eigenvalue weighted by Gasteiger charge is -2.17. The van der Waals surface area contributed by atoms with Crippen molar-refractivity contribution in [2.24, 2.45) is 0 Å². The second kappa shape index (κ2) is 9.71. The molecule has 6 heteroatoms. The van der Waals surface area contributed by atoms with Crippen LogP contribution < -0.4 is 5.32 Å². The third-order valence-electron chi connectivity index (χ3n) is 5.35. The minimum absolute atomic E-state index is 0.0601. The Labute approximate surface area is 185 Å². The van der Waals surface area contributed by atoms with Gasteiger partial charge < -0.3 is 15.2 Å². The number of alkyl carbamates (subject to hydrolysis) is 1. The van der Waals surface area contributed by atoms with E-state index in [0.29, 0.717) is 12.2 Å². The number of carboxylic acids is 1. The summed E-state index contributed by atoms with van der Waals surface area (Å²) in [6.45, 7) is 0.158. The molecule has 1 aliphatic rings. The standard InChI is InChI=1S/C25H23NO4S/c27-24(28)23(14-15-31-17-8-2-1-3-9-17)26-25(29)30-16-22-20-12-6-4-10-18(20)19-11-5-7-13-21(19)22/h1-13,22-23H,14-16H2,(H,26,29)(H,27,28). The molecule has 0 aliphatic heterocycles. The molecule has 0 aromatic heterocycles. The van der Waals surface area contributed by atoms with Gasteiger partial charge in [0.15, 0.2) is 0 Å². The third-order valence-corrected chi connectivity index (χ3v) is 6.40. The van der Waals surface area contributed by atoms with Gasteiger partial charge in [0.05, 0.1) is 0 Å². The van der Waals surface area contributed by atoms with Crippen LogP contribution in [0, 0.1) is 0 Å². The minimum atomic E-state index is -1.07. The number of carbonyl (C=O) groups excluding carboxylic acids is 1. The van der Waals surface area contributed by atoms with Crippen LogP contribution in [0.5, 0.6) is 0 Å². The van der Waals surface area contributed by atoms with E-state index in [2.05, 4.69) is 17.4 Å². The summed E-state index contributed by atoms with van der Waals surface area (Å²) in [5, 5.41) is 12.0. The summed E-state index contributed by atoms with van der Waals surface area (Å²) >= 11 is 1.56. The van der Waals surface area contributed by atoms with Crippen molar-refractivity contribution in [3.63, 3.8) is 0 Å². The molecule has 1 amide bonds. The predicted octanol–water partition coefficient (Wildman–Crippen LogP) is 5.16. The molecular weight excluding hydrogens is 410 g/mol. The molecule has 31 heavy (non-hydrogen) atoms. The van der Waals surface area contributed by atoms with Gasteiger partial charge >= 0.3 is 12.1 Å². The highest BCUT2D eigenvalue weighted by Gasteiger charge is 2.29. The van der Waals surface area contributed by atoms with Crippen LogP contribution in [0.1, 0.15) is 23.5 Å². The van der Waals surface area contributed by atoms with Gasteiger partial charge in [-0.25, -0.2) is 9.59 Å². The van der Waals surface area contributed by atoms with Gasteiger partial charge in [-0.2, -0.15) is 0 Å². The number of benzene rings is 3. The SMILES string of the molecule is O=C(NC(CCSc1ccccc1)C(=O)O)OCC1c2ccccc2-c2ccccc21. The lowest BCUT2D eigenvalue weighted by molar-refractivity contribution is -0.139. The van der Waals surface area contributed by atoms with Gasteiger partial charge in [-0.05, 0) is 40.8 Å². The molecule has 1 atom stereocenters. The lowest BCUT2D eigenvalue weighted by atomic mass is 9.98. The fourth-order valence-electron chi connectivity index (χ4n) is 3.85. The number of carboxylic acid groups (broad SMARTS) is 1. The topological polar surface area (TPSA) is 75.6 Å². The lowest BCUT2D eigenvalue weighted by Crippen LogP contribution is -2.41. The fraction of sp³-hybridized carbons (Fsp3) is 0.200. The van der Waals surface area contributed by atoms with Gasteiger partial charge in [0.1, 0.15) is 12.6 Å². The maximum absolute atomic E-state index is 12.4. The van der Waals surface area contributed by atoms with E-state index in [0.717, 1.165) is 27.1 Å². The molecule has 2 N–H and O–H groups in total. The molecule has 0 radical (unpaired) electrons. The van der Waals surface area contributed by atoms with Gasteiger partial charge in [0.25, 0.3) is 0 Å². The summed E-state index contributed by atoms with van der Waals surface area (Å²) < 4.78 is 5.46. The predicted molar refractivity (Wildman–Crippen MR) is 121 cm³/mol. The zero-order valence-electron chi connectivity index (χ0n) is 16.9. The molecule has 0 heterocycles. The summed E-state index contributed by atoms with van der Waals surface area (Å²) in [5.74, 6) is -0.554. The number of hydrogen-bond donors (Lipinski definition) is 2. The smallest absolute Gasteiger partial charge is 0.407 e. The van der Waals surface area contributed by atoms with Crippen LogP contribution in [0.4, 0.5) is 4.79 Å². The second-order valence-corrected chi connectivity index (χ2v) is 8.48. The van der Waals surface area contributed by atoms with Crippen LogP contribution in [0.25, 0.3) is 11.1 Å². The number of ether oxygens (including phenoxy) is 1. The molecular formula is C25H23NO4S. The molecule has 3 aromatic rings. The number of rotatable bonds is 8. The van der Waals surface area contributed by atoms with Crippen LogP contribution in [-0.2, 0) is 9.53 Å². The maximum Gasteiger partial charge on any atom is 0.407 e. The minimum Gasteiger partial charge on any atom is -0.480 e. The quantitative estimate of drug-likeness (QED) is 0.480. The normalized spacial score (nSPS) is 13.2. The van der Waals surface area contributed by atoms with Crippen molar-refractivity contribution in [1.82, 2.24) is 5.32 Å². The first kappa shape index (κ1) is 21.0. The monoisotopic (exact) mass is 433 g/mol. The molecule has 4 rings (SSSR count). The first-order chi connectivity index (χ1) is 15.1. The largest absolute Gasteiger partial charge is 0.480 e. The molecule has 0 spiro atoms. The summed E-state index contributed by atoms with van der Waals surface area (Å²) in [7, 11) is 0. The van der Waals surface area contributed by atoms with Crippen molar-refractivity contribution in [1.29, 1.82) is 0 Å². The Hall–Kier alpha value is -3.25. The van der Waals surface area contributed by atoms with Gasteiger partial charge in [0, 0.05) is 16.6 Å². The second-order valence-electron chi connectivity index (χ2n) is 7.31. The van der Waals surface area contributed by atoms with Crippen LogP contribution >= 0.6 is 11.8 Å². The van der Waals surface area contributed by atoms with Crippen molar-refractivity contribution >= 4 is 23.8 Å². The molecule has 0 bridgehead atoms. The van der Waals surface area contributed by atoms with Gasteiger partial charge in [0.2, 0.25) is 0 Å². The van der Waals surface area contributed by atoms with E-state index in [1.54, 1.807) is 11.8 Å². The summed E-state index contributed by atoms with van der Waals surface area (Å²) in [6.07, 6.45) is -0.405. The molecule has 1 aliphatic carbocycles. The van der Waals surface area contributed by atoms with E-state index in [9.17, 15) is 14.7 Å². The molecule has 0 saturated heterocycles. The van der Waals surface area contributed by atoms with Crippen molar-refractivity contribution in [2.75, 3.05) is 12.4 Å². The maximum atomic E-state index is 12.4. The van der Waals surface area contributed by atoms with E-state index in [4.69, 9.17) is 4.74 Å². The zero-order chi connectivity index (χ0) is 21.6. The van der Waals surface area contributed by atoms with E-state index >= 15 is 0 Å². The van der Waals surface area contributed by atoms with Crippen LogP contribution in [0.3, 0.4) is 0 Å². The van der Waals surface area contributed by atoms with Crippen molar-refractivity contribution in [3.05, 3.63) is 90.0 Å². The Morgan fingerprint density at radius 1 is 0.903 bits per heavy atom. The Kier molecular flexibility index (Phi) is 6.57. The number of fused-ring (bicyclic) bond motifs is 3. The van der Waals surface area contributed by atoms with Crippen LogP contribution in [0.2, 0.25) is 0 Å². The molecule has 0 fully saturated rings. The molecule has 1 unspecified atom stereocenters. The first-order valence-corrected chi connectivity index (χ1v) is 11.1. The number of amides is 1. The van der Waals surface area contributed by atoms with Crippen molar-refractivity contribution < 1.29 is 19.4 Å². The van der Waals surface area contributed by atoms with Crippen LogP contribution in [-0.4, -0.2) is 35.6 Å². The van der Waals surface area contributed by atoms with E-state index in [1.807, 2.05) is 66.7 Å². The Morgan fingerprint density at radius 2 is 1.48 bits per heavy atom. The Morgan fingerprint density at radius 3 is 2.10 bits per heavy atom. The van der Waals surface area contributed by atoms with Crippen LogP contribution in [0.15, 0.2) is 83.8 Å². The molecule has 158 valence electrons. The number of thioether (sulfide) groups is 1. The average Bonchev–Trinajstić information content (AvgIpc) is 3.11. The fourth-order valence-corrected chi connectivity index (χ4v) is 4.79. The van der Waals surface area contributed by atoms with Gasteiger partial charge in [-0.3, -0.25) is 0 Å². The third kappa shape index (κ3) is 4.91. The van der Waals surface area contributed by atoms with E-state index < -0.39 is 18.1 Å². The number of aliphatic carboxylic acids is 1. The highest BCUT2D eigenvalue weighted by atomic mass is 32.2. The molecule has 3 aromatic carbocycles. The van der Waals surface area contributed by atoms with Gasteiger partial charge in [-0.1, -0.05) is 66.7 Å². The van der Waals surface area contributed by atoms with Crippen molar-refractivity contribution in [3.8, 4) is 11.1 Å². The van der Waals surface area contributed by atoms with E-state index in [1.165, 1.54) is 0 Å². The average molecular weight is 434 g/mol. The van der Waals surface area contributed by atoms with Gasteiger partial charge in [-0.15, -0.1) is 11.8 Å². The first-order valence-electron chi connectivity index (χ1n) is 10.2. The summed E-state index contributed by atoms with van der Waals surface area (Å²) in [4.78, 5) is 25.0. The molecule has 5 nitrogen and oxygen atoms in total. The Balaban J connectivity index is 1.34.